The van der Waals surface area contributed by atoms with Crippen LogP contribution in [0.3, 0.4) is 0 Å². The number of halogens is 2. The van der Waals surface area contributed by atoms with Gasteiger partial charge in [0.15, 0.2) is 12.4 Å². The minimum Gasteiger partial charge on any atom is -0.485 e. The summed E-state index contributed by atoms with van der Waals surface area (Å²) < 4.78 is 6.47. The lowest BCUT2D eigenvalue weighted by Crippen LogP contribution is -2.12. The molecule has 2 aromatic carbocycles. The number of aryl methyl sites for hydroxylation is 1. The van der Waals surface area contributed by atoms with Crippen LogP contribution in [-0.2, 0) is 0 Å². The van der Waals surface area contributed by atoms with Crippen LogP contribution in [0, 0.1) is 6.92 Å². The number of carbonyl (C=O) groups is 1. The fourth-order valence-electron chi connectivity index (χ4n) is 1.62. The zero-order valence-corrected chi connectivity index (χ0v) is 12.7. The fourth-order valence-corrected chi connectivity index (χ4v) is 2.15. The first-order chi connectivity index (χ1) is 9.06. The van der Waals surface area contributed by atoms with Gasteiger partial charge in [0.1, 0.15) is 5.75 Å². The lowest BCUT2D eigenvalue weighted by molar-refractivity contribution is 0.0921. The molecular weight excluding hydrogens is 328 g/mol. The Balaban J connectivity index is 2.06. The van der Waals surface area contributed by atoms with Gasteiger partial charge < -0.3 is 4.74 Å². The third-order valence-electron chi connectivity index (χ3n) is 2.66. The van der Waals surface area contributed by atoms with Crippen molar-refractivity contribution in [3.63, 3.8) is 0 Å². The van der Waals surface area contributed by atoms with Gasteiger partial charge in [-0.05, 0) is 36.8 Å². The maximum Gasteiger partial charge on any atom is 0.200 e. The van der Waals surface area contributed by atoms with Crippen molar-refractivity contribution in [2.24, 2.45) is 0 Å². The summed E-state index contributed by atoms with van der Waals surface area (Å²) in [5, 5.41) is 0.546. The number of benzene rings is 2. The molecule has 2 rings (SSSR count). The van der Waals surface area contributed by atoms with E-state index in [1.807, 2.05) is 25.1 Å². The molecule has 0 N–H and O–H groups in total. The highest BCUT2D eigenvalue weighted by atomic mass is 79.9. The summed E-state index contributed by atoms with van der Waals surface area (Å²) >= 11 is 9.23. The molecule has 0 atom stereocenters. The summed E-state index contributed by atoms with van der Waals surface area (Å²) in [5.41, 5.74) is 1.54. The Kier molecular flexibility index (Phi) is 4.61. The highest BCUT2D eigenvalue weighted by Gasteiger charge is 2.08. The van der Waals surface area contributed by atoms with Crippen molar-refractivity contribution in [1.82, 2.24) is 0 Å². The van der Waals surface area contributed by atoms with Crippen LogP contribution in [0.1, 0.15) is 15.9 Å². The summed E-state index contributed by atoms with van der Waals surface area (Å²) in [6.07, 6.45) is 0. The molecule has 19 heavy (non-hydrogen) atoms. The minimum absolute atomic E-state index is 0.00235. The Morgan fingerprint density at radius 1 is 1.26 bits per heavy atom. The number of Topliss-reactive ketones (excluding diaryl/α,β-unsaturated/α-hetero) is 1. The van der Waals surface area contributed by atoms with Gasteiger partial charge in [0.25, 0.3) is 0 Å². The summed E-state index contributed by atoms with van der Waals surface area (Å²) in [6.45, 7) is 1.93. The van der Waals surface area contributed by atoms with Gasteiger partial charge in [-0.15, -0.1) is 0 Å². The molecule has 0 heterocycles. The van der Waals surface area contributed by atoms with Gasteiger partial charge in [0.2, 0.25) is 0 Å². The summed E-state index contributed by atoms with van der Waals surface area (Å²) in [4.78, 5) is 12.0. The molecule has 0 aliphatic heterocycles. The van der Waals surface area contributed by atoms with E-state index in [2.05, 4.69) is 15.9 Å². The van der Waals surface area contributed by atoms with Crippen LogP contribution in [0.4, 0.5) is 0 Å². The van der Waals surface area contributed by atoms with Crippen LogP contribution in [0.5, 0.6) is 5.75 Å². The smallest absolute Gasteiger partial charge is 0.200 e. The average molecular weight is 340 g/mol. The van der Waals surface area contributed by atoms with Crippen LogP contribution in [0.15, 0.2) is 46.9 Å². The quantitative estimate of drug-likeness (QED) is 0.757. The first kappa shape index (κ1) is 14.1. The average Bonchev–Trinajstić information content (AvgIpc) is 2.39. The summed E-state index contributed by atoms with van der Waals surface area (Å²) in [7, 11) is 0. The molecule has 0 aliphatic rings. The molecule has 0 saturated carbocycles. The van der Waals surface area contributed by atoms with E-state index in [0.717, 1.165) is 10.0 Å². The van der Waals surface area contributed by atoms with E-state index in [1.54, 1.807) is 24.3 Å². The molecule has 0 unspecified atom stereocenters. The molecule has 0 radical (unpaired) electrons. The molecule has 4 heteroatoms. The largest absolute Gasteiger partial charge is 0.485 e. The molecule has 0 fully saturated rings. The van der Waals surface area contributed by atoms with E-state index in [4.69, 9.17) is 16.3 Å². The Labute approximate surface area is 125 Å². The number of carbonyl (C=O) groups excluding carboxylic acids is 1. The predicted molar refractivity (Wildman–Crippen MR) is 80.2 cm³/mol. The van der Waals surface area contributed by atoms with Crippen molar-refractivity contribution < 1.29 is 9.53 Å². The summed E-state index contributed by atoms with van der Waals surface area (Å²) in [5.74, 6) is 0.603. The summed E-state index contributed by atoms with van der Waals surface area (Å²) in [6, 6.07) is 12.6. The number of rotatable bonds is 4. The number of ketones is 1. The second-order valence-electron chi connectivity index (χ2n) is 4.13. The third kappa shape index (κ3) is 3.82. The number of hydrogen-bond acceptors (Lipinski definition) is 2. The lowest BCUT2D eigenvalue weighted by atomic mass is 10.1. The molecule has 98 valence electrons. The molecule has 0 aliphatic carbocycles. The monoisotopic (exact) mass is 338 g/mol. The van der Waals surface area contributed by atoms with Gasteiger partial charge in [-0.1, -0.05) is 45.7 Å². The Hall–Kier alpha value is -1.32. The van der Waals surface area contributed by atoms with E-state index in [1.165, 1.54) is 0 Å². The van der Waals surface area contributed by atoms with Gasteiger partial charge >= 0.3 is 0 Å². The van der Waals surface area contributed by atoms with E-state index in [-0.39, 0.29) is 12.4 Å². The van der Waals surface area contributed by atoms with Gasteiger partial charge in [-0.25, -0.2) is 0 Å². The van der Waals surface area contributed by atoms with Crippen molar-refractivity contribution in [3.8, 4) is 5.75 Å². The van der Waals surface area contributed by atoms with Crippen LogP contribution in [0.2, 0.25) is 5.02 Å². The zero-order chi connectivity index (χ0) is 13.8. The van der Waals surface area contributed by atoms with Crippen molar-refractivity contribution in [2.45, 2.75) is 6.92 Å². The van der Waals surface area contributed by atoms with E-state index < -0.39 is 0 Å². The Bertz CT molecular complexity index is 611. The normalized spacial score (nSPS) is 10.3. The van der Waals surface area contributed by atoms with Gasteiger partial charge in [-0.2, -0.15) is 0 Å². The predicted octanol–water partition coefficient (Wildman–Crippen LogP) is 4.67. The Morgan fingerprint density at radius 2 is 2.05 bits per heavy atom. The molecule has 0 saturated heterocycles. The van der Waals surface area contributed by atoms with Gasteiger partial charge in [0.05, 0.1) is 0 Å². The maximum absolute atomic E-state index is 12.0. The Morgan fingerprint density at radius 3 is 2.79 bits per heavy atom. The standard InChI is InChI=1S/C15H12BrClO2/c1-10-5-6-12(16)8-15(10)19-9-14(18)11-3-2-4-13(17)7-11/h2-8H,9H2,1H3. The van der Waals surface area contributed by atoms with Gasteiger partial charge in [-0.3, -0.25) is 4.79 Å². The van der Waals surface area contributed by atoms with Crippen molar-refractivity contribution in [3.05, 3.63) is 63.1 Å². The molecule has 0 amide bonds. The van der Waals surface area contributed by atoms with Crippen LogP contribution >= 0.6 is 27.5 Å². The first-order valence-electron chi connectivity index (χ1n) is 5.74. The number of hydrogen-bond donors (Lipinski definition) is 0. The lowest BCUT2D eigenvalue weighted by Gasteiger charge is -2.09. The molecular formula is C15H12BrClO2. The topological polar surface area (TPSA) is 26.3 Å². The third-order valence-corrected chi connectivity index (χ3v) is 3.38. The van der Waals surface area contributed by atoms with Crippen molar-refractivity contribution in [1.29, 1.82) is 0 Å². The SMILES string of the molecule is Cc1ccc(Br)cc1OCC(=O)c1cccc(Cl)c1. The minimum atomic E-state index is -0.0955. The molecule has 2 aromatic rings. The molecule has 0 aromatic heterocycles. The second-order valence-corrected chi connectivity index (χ2v) is 5.48. The van der Waals surface area contributed by atoms with Crippen molar-refractivity contribution >= 4 is 33.3 Å². The van der Waals surface area contributed by atoms with Crippen LogP contribution in [-0.4, -0.2) is 12.4 Å². The van der Waals surface area contributed by atoms with Gasteiger partial charge in [0, 0.05) is 15.1 Å². The highest BCUT2D eigenvalue weighted by molar-refractivity contribution is 9.10. The van der Waals surface area contributed by atoms with E-state index >= 15 is 0 Å². The fraction of sp³-hybridized carbons (Fsp3) is 0.133. The highest BCUT2D eigenvalue weighted by Crippen LogP contribution is 2.23. The molecule has 0 bridgehead atoms. The number of ether oxygens (including phenoxy) is 1. The van der Waals surface area contributed by atoms with Crippen molar-refractivity contribution in [2.75, 3.05) is 6.61 Å². The maximum atomic E-state index is 12.0. The zero-order valence-electron chi connectivity index (χ0n) is 10.3. The van der Waals surface area contributed by atoms with E-state index in [9.17, 15) is 4.79 Å². The van der Waals surface area contributed by atoms with Crippen LogP contribution in [0.25, 0.3) is 0 Å². The first-order valence-corrected chi connectivity index (χ1v) is 6.91. The second kappa shape index (κ2) is 6.22. The molecule has 2 nitrogen and oxygen atoms in total. The van der Waals surface area contributed by atoms with Crippen LogP contribution < -0.4 is 4.74 Å². The van der Waals surface area contributed by atoms with E-state index in [0.29, 0.717) is 16.3 Å². The molecule has 0 spiro atoms.